The first kappa shape index (κ1) is 8.20. The lowest BCUT2D eigenvalue weighted by atomic mass is 10.1. The highest BCUT2D eigenvalue weighted by Gasteiger charge is 2.04. The number of rotatable bonds is 1. The molecular formula is C10H9ClN2. The Bertz CT molecular complexity index is 343. The molecule has 0 fully saturated rings. The van der Waals surface area contributed by atoms with Gasteiger partial charge in [0.15, 0.2) is 0 Å². The van der Waals surface area contributed by atoms with Crippen molar-refractivity contribution >= 4 is 17.5 Å². The largest absolute Gasteiger partial charge is 0.284 e. The Morgan fingerprint density at radius 1 is 1.15 bits per heavy atom. The molecule has 0 spiro atoms. The highest BCUT2D eigenvalue weighted by atomic mass is 35.5. The first-order chi connectivity index (χ1) is 6.36. The van der Waals surface area contributed by atoms with Gasteiger partial charge in [0, 0.05) is 18.0 Å². The normalized spacial score (nSPS) is 15.2. The third-order valence-electron chi connectivity index (χ3n) is 1.79. The number of halogens is 1. The van der Waals surface area contributed by atoms with E-state index in [0.717, 1.165) is 11.3 Å². The minimum absolute atomic E-state index is 0.998. The smallest absolute Gasteiger partial charge is 0.0628 e. The molecule has 1 N–H and O–H groups in total. The van der Waals surface area contributed by atoms with Gasteiger partial charge in [-0.15, -0.1) is 0 Å². The molecule has 66 valence electrons. The van der Waals surface area contributed by atoms with Gasteiger partial charge in [-0.1, -0.05) is 30.3 Å². The molecule has 1 aromatic carbocycles. The Hall–Kier alpha value is -1.41. The fourth-order valence-electron chi connectivity index (χ4n) is 1.18. The second-order valence-electron chi connectivity index (χ2n) is 2.71. The zero-order valence-corrected chi connectivity index (χ0v) is 7.70. The Morgan fingerprint density at radius 2 is 1.92 bits per heavy atom. The van der Waals surface area contributed by atoms with Crippen molar-refractivity contribution in [3.05, 3.63) is 54.2 Å². The lowest BCUT2D eigenvalue weighted by Crippen LogP contribution is -2.25. The van der Waals surface area contributed by atoms with Crippen LogP contribution in [0.4, 0.5) is 0 Å². The molecule has 2 nitrogen and oxygen atoms in total. The van der Waals surface area contributed by atoms with Crippen molar-refractivity contribution < 1.29 is 0 Å². The van der Waals surface area contributed by atoms with Crippen LogP contribution in [0.15, 0.2) is 48.7 Å². The van der Waals surface area contributed by atoms with Gasteiger partial charge in [0.05, 0.1) is 5.70 Å². The van der Waals surface area contributed by atoms with Gasteiger partial charge in [-0.05, 0) is 17.7 Å². The summed E-state index contributed by atoms with van der Waals surface area (Å²) in [6.45, 7) is 0. The SMILES string of the molecule is ClN1C=CC=C(c2ccccc2)N1. The first-order valence-corrected chi connectivity index (χ1v) is 4.35. The van der Waals surface area contributed by atoms with E-state index >= 15 is 0 Å². The third-order valence-corrected chi connectivity index (χ3v) is 1.99. The summed E-state index contributed by atoms with van der Waals surface area (Å²) in [5.41, 5.74) is 5.13. The average Bonchev–Trinajstić information content (AvgIpc) is 2.19. The van der Waals surface area contributed by atoms with Crippen molar-refractivity contribution in [2.24, 2.45) is 0 Å². The van der Waals surface area contributed by atoms with E-state index in [9.17, 15) is 0 Å². The topological polar surface area (TPSA) is 15.3 Å². The van der Waals surface area contributed by atoms with Gasteiger partial charge in [-0.25, -0.2) is 4.53 Å². The molecule has 1 aliphatic heterocycles. The first-order valence-electron chi connectivity index (χ1n) is 4.02. The van der Waals surface area contributed by atoms with Gasteiger partial charge in [0.25, 0.3) is 0 Å². The fraction of sp³-hybridized carbons (Fsp3) is 0. The van der Waals surface area contributed by atoms with E-state index in [1.54, 1.807) is 6.20 Å². The maximum atomic E-state index is 5.76. The third kappa shape index (κ3) is 1.84. The van der Waals surface area contributed by atoms with Crippen molar-refractivity contribution in [2.45, 2.75) is 0 Å². The number of nitrogens with zero attached hydrogens (tertiary/aromatic N) is 1. The quantitative estimate of drug-likeness (QED) is 0.688. The monoisotopic (exact) mass is 192 g/mol. The van der Waals surface area contributed by atoms with Crippen LogP contribution in [-0.2, 0) is 0 Å². The Morgan fingerprint density at radius 3 is 2.62 bits per heavy atom. The summed E-state index contributed by atoms with van der Waals surface area (Å²) in [5.74, 6) is 0. The molecule has 0 saturated heterocycles. The minimum Gasteiger partial charge on any atom is -0.284 e. The number of hydrogen-bond acceptors (Lipinski definition) is 2. The molecule has 2 rings (SSSR count). The van der Waals surface area contributed by atoms with Crippen LogP contribution in [0.5, 0.6) is 0 Å². The number of hydrogen-bond donors (Lipinski definition) is 1. The van der Waals surface area contributed by atoms with Crippen LogP contribution < -0.4 is 5.43 Å². The lowest BCUT2D eigenvalue weighted by Gasteiger charge is -2.19. The molecular weight excluding hydrogens is 184 g/mol. The number of benzene rings is 1. The average molecular weight is 193 g/mol. The molecule has 1 heterocycles. The molecule has 0 aromatic heterocycles. The molecule has 0 radical (unpaired) electrons. The van der Waals surface area contributed by atoms with Crippen LogP contribution in [0.1, 0.15) is 5.56 Å². The van der Waals surface area contributed by atoms with Crippen LogP contribution in [0.2, 0.25) is 0 Å². The van der Waals surface area contributed by atoms with Gasteiger partial charge in [0.2, 0.25) is 0 Å². The second kappa shape index (κ2) is 3.54. The maximum Gasteiger partial charge on any atom is 0.0628 e. The Kier molecular flexibility index (Phi) is 2.23. The van der Waals surface area contributed by atoms with Crippen LogP contribution in [0.3, 0.4) is 0 Å². The molecule has 0 bridgehead atoms. The van der Waals surface area contributed by atoms with Crippen LogP contribution in [0, 0.1) is 0 Å². The van der Waals surface area contributed by atoms with Gasteiger partial charge in [0.1, 0.15) is 0 Å². The van der Waals surface area contributed by atoms with Gasteiger partial charge >= 0.3 is 0 Å². The Balaban J connectivity index is 2.28. The molecule has 0 atom stereocenters. The summed E-state index contributed by atoms with van der Waals surface area (Å²) in [7, 11) is 0. The molecule has 13 heavy (non-hydrogen) atoms. The van der Waals surface area contributed by atoms with Gasteiger partial charge in [-0.2, -0.15) is 0 Å². The van der Waals surface area contributed by atoms with Gasteiger partial charge < -0.3 is 0 Å². The summed E-state index contributed by atoms with van der Waals surface area (Å²) in [6.07, 6.45) is 5.62. The molecule has 0 aliphatic carbocycles. The highest BCUT2D eigenvalue weighted by molar-refractivity contribution is 6.14. The number of hydrazine groups is 1. The van der Waals surface area contributed by atoms with E-state index in [1.165, 1.54) is 4.53 Å². The molecule has 3 heteroatoms. The van der Waals surface area contributed by atoms with Crippen LogP contribution >= 0.6 is 11.8 Å². The predicted molar refractivity (Wildman–Crippen MR) is 54.4 cm³/mol. The van der Waals surface area contributed by atoms with Gasteiger partial charge in [-0.3, -0.25) is 5.43 Å². The fourth-order valence-corrected chi connectivity index (χ4v) is 1.34. The zero-order chi connectivity index (χ0) is 9.10. The molecule has 0 unspecified atom stereocenters. The minimum atomic E-state index is 0.998. The van der Waals surface area contributed by atoms with E-state index in [1.807, 2.05) is 42.5 Å². The van der Waals surface area contributed by atoms with Crippen LogP contribution in [0.25, 0.3) is 5.70 Å². The predicted octanol–water partition coefficient (Wildman–Crippen LogP) is 2.52. The van der Waals surface area contributed by atoms with E-state index in [0.29, 0.717) is 0 Å². The van der Waals surface area contributed by atoms with Crippen molar-refractivity contribution in [3.8, 4) is 0 Å². The lowest BCUT2D eigenvalue weighted by molar-refractivity contribution is 0.530. The van der Waals surface area contributed by atoms with Crippen molar-refractivity contribution in [2.75, 3.05) is 0 Å². The second-order valence-corrected chi connectivity index (χ2v) is 3.08. The summed E-state index contributed by atoms with van der Waals surface area (Å²) in [4.78, 5) is 0. The van der Waals surface area contributed by atoms with Crippen molar-refractivity contribution in [1.29, 1.82) is 0 Å². The van der Waals surface area contributed by atoms with Crippen LogP contribution in [-0.4, -0.2) is 4.53 Å². The Labute approximate surface area is 82.2 Å². The maximum absolute atomic E-state index is 5.76. The highest BCUT2D eigenvalue weighted by Crippen LogP contribution is 2.15. The summed E-state index contributed by atoms with van der Waals surface area (Å²) in [6, 6.07) is 10.0. The molecule has 0 amide bonds. The number of nitrogens with one attached hydrogen (secondary N) is 1. The van der Waals surface area contributed by atoms with E-state index < -0.39 is 0 Å². The summed E-state index contributed by atoms with van der Waals surface area (Å²) in [5, 5.41) is 0. The summed E-state index contributed by atoms with van der Waals surface area (Å²) < 4.78 is 1.41. The molecule has 1 aliphatic rings. The van der Waals surface area contributed by atoms with E-state index in [-0.39, 0.29) is 0 Å². The van der Waals surface area contributed by atoms with E-state index in [4.69, 9.17) is 11.8 Å². The number of allylic oxidation sites excluding steroid dienone is 2. The van der Waals surface area contributed by atoms with Crippen molar-refractivity contribution in [1.82, 2.24) is 9.95 Å². The molecule has 0 saturated carbocycles. The standard InChI is InChI=1S/C10H9ClN2/c11-13-8-4-7-10(12-13)9-5-2-1-3-6-9/h1-8,12H. The zero-order valence-electron chi connectivity index (χ0n) is 6.94. The van der Waals surface area contributed by atoms with Crippen molar-refractivity contribution in [3.63, 3.8) is 0 Å². The van der Waals surface area contributed by atoms with E-state index in [2.05, 4.69) is 5.43 Å². The molecule has 1 aromatic rings. The summed E-state index contributed by atoms with van der Waals surface area (Å²) >= 11 is 5.76.